The highest BCUT2D eigenvalue weighted by Crippen LogP contribution is 2.29. The van der Waals surface area contributed by atoms with E-state index in [0.717, 1.165) is 22.3 Å². The van der Waals surface area contributed by atoms with Crippen molar-refractivity contribution in [3.63, 3.8) is 0 Å². The van der Waals surface area contributed by atoms with Gasteiger partial charge < -0.3 is 10.4 Å². The SMILES string of the molecule is CC(C)(CO)Nc1cc(Br)c2c(c1)C=NC2. The molecule has 3 nitrogen and oxygen atoms in total. The number of hydrogen-bond acceptors (Lipinski definition) is 3. The number of aliphatic hydroxyl groups excluding tert-OH is 1. The molecule has 4 heteroatoms. The number of aliphatic hydroxyl groups is 1. The second kappa shape index (κ2) is 4.18. The van der Waals surface area contributed by atoms with Gasteiger partial charge in [-0.05, 0) is 31.5 Å². The Bertz CT molecular complexity index is 441. The number of rotatable bonds is 3. The number of benzene rings is 1. The van der Waals surface area contributed by atoms with E-state index in [-0.39, 0.29) is 12.1 Å². The molecular formula is C12H15BrN2O. The number of anilines is 1. The summed E-state index contributed by atoms with van der Waals surface area (Å²) in [5.74, 6) is 0. The Morgan fingerprint density at radius 3 is 2.94 bits per heavy atom. The van der Waals surface area contributed by atoms with E-state index < -0.39 is 0 Å². The van der Waals surface area contributed by atoms with E-state index in [2.05, 4.69) is 32.3 Å². The summed E-state index contributed by atoms with van der Waals surface area (Å²) >= 11 is 3.55. The van der Waals surface area contributed by atoms with Gasteiger partial charge in [0.25, 0.3) is 0 Å². The zero-order chi connectivity index (χ0) is 11.8. The molecule has 0 aromatic heterocycles. The molecule has 0 atom stereocenters. The van der Waals surface area contributed by atoms with Crippen molar-refractivity contribution < 1.29 is 5.11 Å². The number of nitrogens with one attached hydrogen (secondary N) is 1. The van der Waals surface area contributed by atoms with E-state index >= 15 is 0 Å². The molecular weight excluding hydrogens is 268 g/mol. The fraction of sp³-hybridized carbons (Fsp3) is 0.417. The minimum atomic E-state index is -0.316. The minimum Gasteiger partial charge on any atom is -0.394 e. The zero-order valence-corrected chi connectivity index (χ0v) is 11.0. The van der Waals surface area contributed by atoms with Crippen LogP contribution < -0.4 is 5.32 Å². The predicted octanol–water partition coefficient (Wildman–Crippen LogP) is 2.56. The van der Waals surface area contributed by atoms with Crippen molar-refractivity contribution in [3.05, 3.63) is 27.7 Å². The van der Waals surface area contributed by atoms with Crippen LogP contribution >= 0.6 is 15.9 Å². The van der Waals surface area contributed by atoms with Crippen LogP contribution in [0.25, 0.3) is 0 Å². The second-order valence-corrected chi connectivity index (χ2v) is 5.52. The fourth-order valence-corrected chi connectivity index (χ4v) is 2.28. The smallest absolute Gasteiger partial charge is 0.0657 e. The van der Waals surface area contributed by atoms with Crippen molar-refractivity contribution >= 4 is 27.8 Å². The third kappa shape index (κ3) is 2.28. The number of aliphatic imine (C=N–C) groups is 1. The molecule has 2 rings (SSSR count). The van der Waals surface area contributed by atoms with Crippen LogP contribution in [0.3, 0.4) is 0 Å². The average molecular weight is 283 g/mol. The average Bonchev–Trinajstić information content (AvgIpc) is 2.65. The quantitative estimate of drug-likeness (QED) is 0.895. The Morgan fingerprint density at radius 1 is 1.50 bits per heavy atom. The highest BCUT2D eigenvalue weighted by molar-refractivity contribution is 9.10. The molecule has 0 unspecified atom stereocenters. The van der Waals surface area contributed by atoms with Crippen LogP contribution in [0.1, 0.15) is 25.0 Å². The molecule has 0 aliphatic carbocycles. The summed E-state index contributed by atoms with van der Waals surface area (Å²) in [6.07, 6.45) is 1.89. The molecule has 0 fully saturated rings. The van der Waals surface area contributed by atoms with Gasteiger partial charge in [-0.3, -0.25) is 4.99 Å². The molecule has 16 heavy (non-hydrogen) atoms. The summed E-state index contributed by atoms with van der Waals surface area (Å²) < 4.78 is 1.07. The van der Waals surface area contributed by atoms with Crippen LogP contribution in [0, 0.1) is 0 Å². The van der Waals surface area contributed by atoms with E-state index in [1.807, 2.05) is 26.1 Å². The number of halogens is 1. The topological polar surface area (TPSA) is 44.6 Å². The van der Waals surface area contributed by atoms with Crippen molar-refractivity contribution in [1.29, 1.82) is 0 Å². The molecule has 86 valence electrons. The van der Waals surface area contributed by atoms with E-state index in [9.17, 15) is 5.11 Å². The summed E-state index contributed by atoms with van der Waals surface area (Å²) in [6, 6.07) is 4.10. The van der Waals surface area contributed by atoms with Crippen molar-refractivity contribution in [2.45, 2.75) is 25.9 Å². The van der Waals surface area contributed by atoms with Gasteiger partial charge in [-0.2, -0.15) is 0 Å². The lowest BCUT2D eigenvalue weighted by atomic mass is 10.0. The molecule has 0 saturated carbocycles. The van der Waals surface area contributed by atoms with Gasteiger partial charge in [0, 0.05) is 21.9 Å². The molecule has 1 aliphatic rings. The lowest BCUT2D eigenvalue weighted by Gasteiger charge is -2.25. The summed E-state index contributed by atoms with van der Waals surface area (Å²) in [6.45, 7) is 4.76. The monoisotopic (exact) mass is 282 g/mol. The zero-order valence-electron chi connectivity index (χ0n) is 9.42. The first-order valence-corrected chi connectivity index (χ1v) is 6.02. The molecule has 0 saturated heterocycles. The second-order valence-electron chi connectivity index (χ2n) is 4.66. The van der Waals surface area contributed by atoms with Crippen LogP contribution in [0.15, 0.2) is 21.6 Å². The number of hydrogen-bond donors (Lipinski definition) is 2. The Kier molecular flexibility index (Phi) is 3.04. The number of fused-ring (bicyclic) bond motifs is 1. The Hall–Kier alpha value is -0.870. The summed E-state index contributed by atoms with van der Waals surface area (Å²) in [5.41, 5.74) is 3.06. The molecule has 2 N–H and O–H groups in total. The fourth-order valence-electron chi connectivity index (χ4n) is 1.68. The summed E-state index contributed by atoms with van der Waals surface area (Å²) in [5, 5.41) is 12.5. The first-order chi connectivity index (χ1) is 7.52. The van der Waals surface area contributed by atoms with E-state index in [0.29, 0.717) is 0 Å². The van der Waals surface area contributed by atoms with Gasteiger partial charge in [0.05, 0.1) is 18.7 Å². The largest absolute Gasteiger partial charge is 0.394 e. The Balaban J connectivity index is 2.30. The van der Waals surface area contributed by atoms with Crippen LogP contribution in [-0.4, -0.2) is 23.5 Å². The molecule has 0 spiro atoms. The van der Waals surface area contributed by atoms with E-state index in [4.69, 9.17) is 0 Å². The standard InChI is InChI=1S/C12H15BrN2O/c1-12(2,7-16)15-9-3-8-5-14-6-10(8)11(13)4-9/h3-5,15-16H,6-7H2,1-2H3. The highest BCUT2D eigenvalue weighted by Gasteiger charge is 2.18. The lowest BCUT2D eigenvalue weighted by molar-refractivity contribution is 0.234. The normalized spacial score (nSPS) is 14.0. The lowest BCUT2D eigenvalue weighted by Crippen LogP contribution is -2.34. The molecule has 1 heterocycles. The maximum atomic E-state index is 9.22. The van der Waals surface area contributed by atoms with Crippen LogP contribution in [0.5, 0.6) is 0 Å². The maximum absolute atomic E-state index is 9.22. The van der Waals surface area contributed by atoms with Gasteiger partial charge in [0.2, 0.25) is 0 Å². The highest BCUT2D eigenvalue weighted by atomic mass is 79.9. The molecule has 0 amide bonds. The van der Waals surface area contributed by atoms with Crippen LogP contribution in [0.2, 0.25) is 0 Å². The first-order valence-electron chi connectivity index (χ1n) is 5.23. The van der Waals surface area contributed by atoms with Crippen LogP contribution in [0.4, 0.5) is 5.69 Å². The first kappa shape index (κ1) is 11.6. The van der Waals surface area contributed by atoms with Crippen molar-refractivity contribution in [2.24, 2.45) is 4.99 Å². The molecule has 0 bridgehead atoms. The van der Waals surface area contributed by atoms with Crippen molar-refractivity contribution in [1.82, 2.24) is 0 Å². The van der Waals surface area contributed by atoms with Crippen molar-refractivity contribution in [2.75, 3.05) is 11.9 Å². The third-order valence-corrected chi connectivity index (χ3v) is 3.30. The van der Waals surface area contributed by atoms with Gasteiger partial charge in [-0.15, -0.1) is 0 Å². The van der Waals surface area contributed by atoms with Crippen LogP contribution in [-0.2, 0) is 6.54 Å². The molecule has 1 aromatic rings. The Labute approximate surface area is 104 Å². The molecule has 1 aromatic carbocycles. The van der Waals surface area contributed by atoms with Gasteiger partial charge in [0.1, 0.15) is 0 Å². The molecule has 0 radical (unpaired) electrons. The number of nitrogens with zero attached hydrogens (tertiary/aromatic N) is 1. The third-order valence-electron chi connectivity index (χ3n) is 2.59. The van der Waals surface area contributed by atoms with Gasteiger partial charge in [-0.25, -0.2) is 0 Å². The maximum Gasteiger partial charge on any atom is 0.0657 e. The van der Waals surface area contributed by atoms with Gasteiger partial charge in [-0.1, -0.05) is 15.9 Å². The summed E-state index contributed by atoms with van der Waals surface area (Å²) in [4.78, 5) is 4.24. The van der Waals surface area contributed by atoms with E-state index in [1.54, 1.807) is 0 Å². The molecule has 1 aliphatic heterocycles. The van der Waals surface area contributed by atoms with Crippen molar-refractivity contribution in [3.8, 4) is 0 Å². The minimum absolute atomic E-state index is 0.0930. The van der Waals surface area contributed by atoms with Gasteiger partial charge in [0.15, 0.2) is 0 Å². The Morgan fingerprint density at radius 2 is 2.25 bits per heavy atom. The summed E-state index contributed by atoms with van der Waals surface area (Å²) in [7, 11) is 0. The predicted molar refractivity (Wildman–Crippen MR) is 70.2 cm³/mol. The van der Waals surface area contributed by atoms with E-state index in [1.165, 1.54) is 5.56 Å². The van der Waals surface area contributed by atoms with Gasteiger partial charge >= 0.3 is 0 Å².